The van der Waals surface area contributed by atoms with Crippen molar-refractivity contribution >= 4 is 43.4 Å². The molecular weight excluding hydrogens is 562 g/mol. The first-order chi connectivity index (χ1) is 22.8. The predicted octanol–water partition coefficient (Wildman–Crippen LogP) is 9.94. The molecule has 0 saturated carbocycles. The molecular formula is C41H25N5. The van der Waals surface area contributed by atoms with E-state index in [2.05, 4.69) is 72.8 Å². The van der Waals surface area contributed by atoms with Crippen LogP contribution in [0.3, 0.4) is 0 Å². The Hall–Kier alpha value is -6.33. The van der Waals surface area contributed by atoms with E-state index in [4.69, 9.17) is 24.9 Å². The Balaban J connectivity index is 1.26. The fraction of sp³-hybridized carbons (Fsp3) is 0. The minimum absolute atomic E-state index is 0.622. The molecule has 0 spiro atoms. The average molecular weight is 588 g/mol. The van der Waals surface area contributed by atoms with Crippen molar-refractivity contribution in [1.82, 2.24) is 24.9 Å². The van der Waals surface area contributed by atoms with Gasteiger partial charge in [0.25, 0.3) is 0 Å². The van der Waals surface area contributed by atoms with Gasteiger partial charge in [0, 0.05) is 55.4 Å². The van der Waals surface area contributed by atoms with Crippen molar-refractivity contribution in [3.05, 3.63) is 152 Å². The zero-order valence-corrected chi connectivity index (χ0v) is 24.7. The van der Waals surface area contributed by atoms with Gasteiger partial charge < -0.3 is 0 Å². The molecule has 5 heteroatoms. The molecule has 0 unspecified atom stereocenters. The van der Waals surface area contributed by atoms with Crippen LogP contribution in [0.15, 0.2) is 152 Å². The maximum absolute atomic E-state index is 5.27. The number of hydrogen-bond donors (Lipinski definition) is 0. The van der Waals surface area contributed by atoms with Crippen LogP contribution >= 0.6 is 0 Å². The van der Waals surface area contributed by atoms with E-state index in [0.717, 1.165) is 60.5 Å². The Morgan fingerprint density at radius 2 is 0.826 bits per heavy atom. The number of fused-ring (bicyclic) bond motifs is 8. The lowest BCUT2D eigenvalue weighted by Crippen LogP contribution is -2.00. The zero-order chi connectivity index (χ0) is 30.5. The summed E-state index contributed by atoms with van der Waals surface area (Å²) < 4.78 is 0. The molecule has 9 rings (SSSR count). The summed E-state index contributed by atoms with van der Waals surface area (Å²) >= 11 is 0. The van der Waals surface area contributed by atoms with E-state index in [1.807, 2.05) is 79.0 Å². The molecule has 3 aromatic heterocycles. The van der Waals surface area contributed by atoms with Crippen molar-refractivity contribution in [2.75, 3.05) is 0 Å². The standard InChI is InChI=1S/C41H25N5/c1-3-12-27(13-4-1)39-44-40(28-14-5-2-6-15-28)46-41(45-39)29-23-21-26(22-24-29)37-36-33-19-11-25-42-38(33)31-17-8-7-16-30(31)35(36)32-18-9-10-20-34(32)43-37/h1-25H. The van der Waals surface area contributed by atoms with Gasteiger partial charge in [-0.05, 0) is 17.5 Å². The van der Waals surface area contributed by atoms with Gasteiger partial charge in [-0.3, -0.25) is 4.98 Å². The van der Waals surface area contributed by atoms with Gasteiger partial charge in [-0.15, -0.1) is 0 Å². The van der Waals surface area contributed by atoms with Crippen molar-refractivity contribution in [2.24, 2.45) is 0 Å². The molecule has 0 amide bonds. The topological polar surface area (TPSA) is 64.5 Å². The van der Waals surface area contributed by atoms with E-state index in [1.54, 1.807) is 0 Å². The molecule has 0 radical (unpaired) electrons. The van der Waals surface area contributed by atoms with Crippen LogP contribution in [0, 0.1) is 0 Å². The molecule has 5 nitrogen and oxygen atoms in total. The molecule has 0 aliphatic rings. The molecule has 0 fully saturated rings. The predicted molar refractivity (Wildman–Crippen MR) is 187 cm³/mol. The van der Waals surface area contributed by atoms with Crippen LogP contribution < -0.4 is 0 Å². The molecule has 0 aliphatic carbocycles. The van der Waals surface area contributed by atoms with E-state index in [9.17, 15) is 0 Å². The van der Waals surface area contributed by atoms with Crippen LogP contribution in [-0.4, -0.2) is 24.9 Å². The number of rotatable bonds is 4. The molecule has 0 saturated heterocycles. The van der Waals surface area contributed by atoms with Crippen molar-refractivity contribution in [3.63, 3.8) is 0 Å². The number of benzene rings is 6. The highest BCUT2D eigenvalue weighted by molar-refractivity contribution is 6.32. The van der Waals surface area contributed by atoms with Crippen molar-refractivity contribution in [1.29, 1.82) is 0 Å². The Kier molecular flexibility index (Phi) is 6.06. The highest BCUT2D eigenvalue weighted by Crippen LogP contribution is 2.42. The molecule has 0 bridgehead atoms. The van der Waals surface area contributed by atoms with E-state index < -0.39 is 0 Å². The summed E-state index contributed by atoms with van der Waals surface area (Å²) in [5.41, 5.74) is 6.67. The van der Waals surface area contributed by atoms with Gasteiger partial charge in [-0.25, -0.2) is 19.9 Å². The largest absolute Gasteiger partial charge is 0.256 e. The summed E-state index contributed by atoms with van der Waals surface area (Å²) in [6.45, 7) is 0. The zero-order valence-electron chi connectivity index (χ0n) is 24.7. The molecule has 214 valence electrons. The Labute approximate surface area is 264 Å². The third-order valence-electron chi connectivity index (χ3n) is 8.54. The first kappa shape index (κ1) is 26.1. The highest BCUT2D eigenvalue weighted by Gasteiger charge is 2.18. The maximum atomic E-state index is 5.27. The van der Waals surface area contributed by atoms with Crippen molar-refractivity contribution in [2.45, 2.75) is 0 Å². The third kappa shape index (κ3) is 4.29. The van der Waals surface area contributed by atoms with Gasteiger partial charge in [0.2, 0.25) is 0 Å². The maximum Gasteiger partial charge on any atom is 0.164 e. The summed E-state index contributed by atoms with van der Waals surface area (Å²) in [6.07, 6.45) is 1.87. The number of hydrogen-bond acceptors (Lipinski definition) is 5. The fourth-order valence-electron chi connectivity index (χ4n) is 6.41. The van der Waals surface area contributed by atoms with Gasteiger partial charge in [0.1, 0.15) is 0 Å². The van der Waals surface area contributed by atoms with Crippen LogP contribution in [0.4, 0.5) is 0 Å². The van der Waals surface area contributed by atoms with E-state index in [0.29, 0.717) is 17.5 Å². The SMILES string of the molecule is c1ccc(-c2nc(-c3ccccc3)nc(-c3ccc(-c4nc5ccccc5c5c6ccccc6c6ncccc6c45)cc3)n2)cc1. The van der Waals surface area contributed by atoms with Crippen LogP contribution in [0.5, 0.6) is 0 Å². The van der Waals surface area contributed by atoms with E-state index in [-0.39, 0.29) is 0 Å². The summed E-state index contributed by atoms with van der Waals surface area (Å²) in [4.78, 5) is 24.8. The lowest BCUT2D eigenvalue weighted by molar-refractivity contribution is 1.07. The fourth-order valence-corrected chi connectivity index (χ4v) is 6.41. The van der Waals surface area contributed by atoms with Crippen LogP contribution in [0.1, 0.15) is 0 Å². The highest BCUT2D eigenvalue weighted by atomic mass is 15.0. The summed E-state index contributed by atoms with van der Waals surface area (Å²) in [5, 5.41) is 6.83. The number of aromatic nitrogens is 5. The second-order valence-electron chi connectivity index (χ2n) is 11.3. The van der Waals surface area contributed by atoms with E-state index in [1.165, 1.54) is 10.8 Å². The normalized spacial score (nSPS) is 11.5. The first-order valence-electron chi connectivity index (χ1n) is 15.3. The molecule has 6 aromatic carbocycles. The minimum Gasteiger partial charge on any atom is -0.256 e. The van der Waals surface area contributed by atoms with Gasteiger partial charge in [-0.2, -0.15) is 0 Å². The molecule has 3 heterocycles. The summed E-state index contributed by atoms with van der Waals surface area (Å²) in [7, 11) is 0. The Morgan fingerprint density at radius 3 is 1.48 bits per heavy atom. The molecule has 9 aromatic rings. The van der Waals surface area contributed by atoms with Gasteiger partial charge in [-0.1, -0.05) is 133 Å². The minimum atomic E-state index is 0.622. The third-order valence-corrected chi connectivity index (χ3v) is 8.54. The van der Waals surface area contributed by atoms with Gasteiger partial charge >= 0.3 is 0 Å². The van der Waals surface area contributed by atoms with E-state index >= 15 is 0 Å². The smallest absolute Gasteiger partial charge is 0.164 e. The summed E-state index contributed by atoms with van der Waals surface area (Å²) in [5.74, 6) is 1.90. The van der Waals surface area contributed by atoms with Gasteiger partial charge in [0.15, 0.2) is 17.5 Å². The first-order valence-corrected chi connectivity index (χ1v) is 15.3. The number of para-hydroxylation sites is 1. The number of pyridine rings is 2. The second-order valence-corrected chi connectivity index (χ2v) is 11.3. The molecule has 0 aliphatic heterocycles. The van der Waals surface area contributed by atoms with Gasteiger partial charge in [0.05, 0.1) is 16.7 Å². The monoisotopic (exact) mass is 587 g/mol. The van der Waals surface area contributed by atoms with Crippen LogP contribution in [0.2, 0.25) is 0 Å². The average Bonchev–Trinajstić information content (AvgIpc) is 3.15. The molecule has 0 N–H and O–H groups in total. The second kappa shape index (κ2) is 10.7. The van der Waals surface area contributed by atoms with Crippen molar-refractivity contribution in [3.8, 4) is 45.4 Å². The molecule has 46 heavy (non-hydrogen) atoms. The lowest BCUT2D eigenvalue weighted by atomic mass is 9.91. The Morgan fingerprint density at radius 1 is 0.326 bits per heavy atom. The quantitative estimate of drug-likeness (QED) is 0.192. The Bertz CT molecular complexity index is 2510. The summed E-state index contributed by atoms with van der Waals surface area (Å²) in [6, 6.07) is 49.6. The number of nitrogens with zero attached hydrogens (tertiary/aromatic N) is 5. The lowest BCUT2D eigenvalue weighted by Gasteiger charge is -2.16. The van der Waals surface area contributed by atoms with Crippen molar-refractivity contribution < 1.29 is 0 Å². The van der Waals surface area contributed by atoms with Crippen LogP contribution in [0.25, 0.3) is 88.8 Å². The molecule has 0 atom stereocenters. The van der Waals surface area contributed by atoms with Crippen LogP contribution in [-0.2, 0) is 0 Å².